The number of fused-ring (bicyclic) bond motifs is 1. The van der Waals surface area contributed by atoms with Crippen LogP contribution in [0.5, 0.6) is 5.75 Å². The van der Waals surface area contributed by atoms with Gasteiger partial charge >= 0.3 is 0 Å². The van der Waals surface area contributed by atoms with Gasteiger partial charge < -0.3 is 15.4 Å². The molecule has 0 bridgehead atoms. The second kappa shape index (κ2) is 6.12. The highest BCUT2D eigenvalue weighted by Gasteiger charge is 2.34. The number of hydrazone groups is 1. The second-order valence-corrected chi connectivity index (χ2v) is 6.80. The van der Waals surface area contributed by atoms with E-state index in [-0.39, 0.29) is 10.7 Å². The van der Waals surface area contributed by atoms with E-state index in [1.165, 1.54) is 11.3 Å². The minimum Gasteiger partial charge on any atom is -0.496 e. The summed E-state index contributed by atoms with van der Waals surface area (Å²) < 4.78 is 5.51. The minimum atomic E-state index is 0.125. The van der Waals surface area contributed by atoms with Crippen LogP contribution in [0, 0.1) is 0 Å². The smallest absolute Gasteiger partial charge is 0.184 e. The highest BCUT2D eigenvalue weighted by atomic mass is 32.1. The van der Waals surface area contributed by atoms with E-state index in [1.807, 2.05) is 0 Å². The minimum absolute atomic E-state index is 0.125. The predicted octanol–water partition coefficient (Wildman–Crippen LogP) is 2.58. The molecule has 0 fully saturated rings. The van der Waals surface area contributed by atoms with Crippen LogP contribution in [-0.2, 0) is 0 Å². The molecule has 5 nitrogen and oxygen atoms in total. The van der Waals surface area contributed by atoms with Gasteiger partial charge in [0.25, 0.3) is 0 Å². The molecule has 1 aromatic carbocycles. The van der Waals surface area contributed by atoms with Gasteiger partial charge in [-0.1, -0.05) is 6.92 Å². The van der Waals surface area contributed by atoms with Gasteiger partial charge in [-0.3, -0.25) is 5.43 Å². The van der Waals surface area contributed by atoms with Crippen molar-refractivity contribution < 1.29 is 4.74 Å². The number of hydrogen-bond acceptors (Lipinski definition) is 4. The van der Waals surface area contributed by atoms with Crippen LogP contribution in [0.4, 0.5) is 5.69 Å². The standard InChI is InChI=1S/C16H24N4OS/c1-10-8-16(2,3)20(4)13-7-14(21-5)11(6-12(10)13)9-18-19-15(17)22/h6-7,9-10H,8H2,1-5H3,(H3,17,19,22)/b18-9-. The van der Waals surface area contributed by atoms with Gasteiger partial charge in [0.05, 0.1) is 13.3 Å². The van der Waals surface area contributed by atoms with Crippen LogP contribution in [0.3, 0.4) is 0 Å². The van der Waals surface area contributed by atoms with Gasteiger partial charge in [0, 0.05) is 29.9 Å². The van der Waals surface area contributed by atoms with Gasteiger partial charge in [-0.15, -0.1) is 0 Å². The zero-order valence-corrected chi connectivity index (χ0v) is 14.6. The van der Waals surface area contributed by atoms with E-state index in [0.717, 1.165) is 17.7 Å². The average Bonchev–Trinajstić information content (AvgIpc) is 2.43. The zero-order chi connectivity index (χ0) is 16.5. The number of hydrogen-bond donors (Lipinski definition) is 2. The highest BCUT2D eigenvalue weighted by molar-refractivity contribution is 7.80. The lowest BCUT2D eigenvalue weighted by atomic mass is 9.80. The van der Waals surface area contributed by atoms with E-state index in [1.54, 1.807) is 13.3 Å². The predicted molar refractivity (Wildman–Crippen MR) is 96.0 cm³/mol. The summed E-state index contributed by atoms with van der Waals surface area (Å²) in [5, 5.41) is 4.18. The van der Waals surface area contributed by atoms with Crippen LogP contribution in [0.1, 0.15) is 44.2 Å². The third kappa shape index (κ3) is 3.16. The van der Waals surface area contributed by atoms with E-state index >= 15 is 0 Å². The molecule has 1 aliphatic heterocycles. The Bertz CT molecular complexity index is 612. The van der Waals surface area contributed by atoms with Crippen molar-refractivity contribution >= 4 is 29.2 Å². The zero-order valence-electron chi connectivity index (χ0n) is 13.8. The molecule has 1 heterocycles. The molecular formula is C16H24N4OS. The van der Waals surface area contributed by atoms with Gasteiger partial charge in [-0.2, -0.15) is 5.10 Å². The Labute approximate surface area is 137 Å². The molecule has 2 rings (SSSR count). The van der Waals surface area contributed by atoms with Crippen molar-refractivity contribution in [1.82, 2.24) is 5.43 Å². The number of methoxy groups -OCH3 is 1. The molecular weight excluding hydrogens is 296 g/mol. The molecule has 0 saturated heterocycles. The lowest BCUT2D eigenvalue weighted by molar-refractivity contribution is 0.389. The van der Waals surface area contributed by atoms with Crippen LogP contribution in [0.25, 0.3) is 0 Å². The third-order valence-corrected chi connectivity index (χ3v) is 4.45. The Morgan fingerprint density at radius 1 is 1.55 bits per heavy atom. The summed E-state index contributed by atoms with van der Waals surface area (Å²) in [5.41, 5.74) is 11.5. The third-order valence-electron chi connectivity index (χ3n) is 4.36. The molecule has 0 aromatic heterocycles. The Hall–Kier alpha value is -1.82. The number of thiocarbonyl (C=S) groups is 1. The van der Waals surface area contributed by atoms with Gasteiger partial charge in [-0.25, -0.2) is 0 Å². The van der Waals surface area contributed by atoms with Gasteiger partial charge in [-0.05, 0) is 50.0 Å². The van der Waals surface area contributed by atoms with Crippen molar-refractivity contribution in [3.8, 4) is 5.75 Å². The molecule has 0 aliphatic carbocycles. The molecule has 0 amide bonds. The summed E-state index contributed by atoms with van der Waals surface area (Å²) in [6.45, 7) is 6.79. The lowest BCUT2D eigenvalue weighted by Gasteiger charge is -2.45. The van der Waals surface area contributed by atoms with Gasteiger partial charge in [0.1, 0.15) is 5.75 Å². The Morgan fingerprint density at radius 2 is 2.23 bits per heavy atom. The fourth-order valence-electron chi connectivity index (χ4n) is 3.05. The molecule has 1 aliphatic rings. The number of nitrogens with two attached hydrogens (primary N) is 1. The van der Waals surface area contributed by atoms with Crippen molar-refractivity contribution in [1.29, 1.82) is 0 Å². The van der Waals surface area contributed by atoms with E-state index < -0.39 is 0 Å². The summed E-state index contributed by atoms with van der Waals surface area (Å²) in [6.07, 6.45) is 2.79. The molecule has 3 N–H and O–H groups in total. The summed E-state index contributed by atoms with van der Waals surface area (Å²) in [7, 11) is 3.80. The molecule has 6 heteroatoms. The molecule has 22 heavy (non-hydrogen) atoms. The molecule has 1 aromatic rings. The molecule has 120 valence electrons. The second-order valence-electron chi connectivity index (χ2n) is 6.36. The maximum absolute atomic E-state index is 5.51. The van der Waals surface area contributed by atoms with Crippen molar-refractivity contribution in [2.45, 2.75) is 38.6 Å². The van der Waals surface area contributed by atoms with Crippen LogP contribution in [0.15, 0.2) is 17.2 Å². The van der Waals surface area contributed by atoms with Crippen molar-refractivity contribution in [3.05, 3.63) is 23.3 Å². The van der Waals surface area contributed by atoms with E-state index in [4.69, 9.17) is 22.7 Å². The van der Waals surface area contributed by atoms with Crippen LogP contribution < -0.4 is 20.8 Å². The van der Waals surface area contributed by atoms with E-state index in [2.05, 4.69) is 55.4 Å². The number of rotatable bonds is 3. The average molecular weight is 320 g/mol. The van der Waals surface area contributed by atoms with E-state index in [0.29, 0.717) is 5.92 Å². The summed E-state index contributed by atoms with van der Waals surface area (Å²) in [4.78, 5) is 2.32. The van der Waals surface area contributed by atoms with Crippen LogP contribution in [-0.4, -0.2) is 31.0 Å². The van der Waals surface area contributed by atoms with Gasteiger partial charge in [0.2, 0.25) is 0 Å². The molecule has 0 saturated carbocycles. The van der Waals surface area contributed by atoms with Crippen molar-refractivity contribution in [2.24, 2.45) is 10.8 Å². The summed E-state index contributed by atoms with van der Waals surface area (Å²) in [6, 6.07) is 4.21. The first-order chi connectivity index (χ1) is 10.3. The normalized spacial score (nSPS) is 19.9. The van der Waals surface area contributed by atoms with Crippen molar-refractivity contribution in [3.63, 3.8) is 0 Å². The maximum Gasteiger partial charge on any atom is 0.184 e. The summed E-state index contributed by atoms with van der Waals surface area (Å²) in [5.74, 6) is 1.26. The SMILES string of the molecule is COc1cc2c(cc1/C=N\NC(N)=S)C(C)CC(C)(C)N2C. The molecule has 1 unspecified atom stereocenters. The number of nitrogens with zero attached hydrogens (tertiary/aromatic N) is 2. The fraction of sp³-hybridized carbons (Fsp3) is 0.500. The highest BCUT2D eigenvalue weighted by Crippen LogP contribution is 2.44. The monoisotopic (exact) mass is 320 g/mol. The Morgan fingerprint density at radius 3 is 2.82 bits per heavy atom. The van der Waals surface area contributed by atoms with Crippen LogP contribution >= 0.6 is 12.2 Å². The first-order valence-electron chi connectivity index (χ1n) is 7.30. The first-order valence-corrected chi connectivity index (χ1v) is 7.71. The Balaban J connectivity index is 2.46. The lowest BCUT2D eigenvalue weighted by Crippen LogP contribution is -2.45. The number of ether oxygens (including phenoxy) is 1. The number of nitrogens with one attached hydrogen (secondary N) is 1. The molecule has 0 radical (unpaired) electrons. The van der Waals surface area contributed by atoms with E-state index in [9.17, 15) is 0 Å². The largest absolute Gasteiger partial charge is 0.496 e. The number of benzene rings is 1. The Kier molecular flexibility index (Phi) is 4.60. The van der Waals surface area contributed by atoms with Gasteiger partial charge in [0.15, 0.2) is 5.11 Å². The fourth-order valence-corrected chi connectivity index (χ4v) is 3.11. The molecule has 1 atom stereocenters. The quantitative estimate of drug-likeness (QED) is 0.509. The van der Waals surface area contributed by atoms with Crippen LogP contribution in [0.2, 0.25) is 0 Å². The first kappa shape index (κ1) is 16.5. The summed E-state index contributed by atoms with van der Waals surface area (Å²) >= 11 is 4.74. The topological polar surface area (TPSA) is 62.9 Å². The molecule has 0 spiro atoms. The number of anilines is 1. The maximum atomic E-state index is 5.51. The van der Waals surface area contributed by atoms with Crippen molar-refractivity contribution in [2.75, 3.05) is 19.1 Å².